The Morgan fingerprint density at radius 1 is 0.394 bits per heavy atom. The molecule has 1 aromatic heterocycles. The van der Waals surface area contributed by atoms with E-state index in [1.54, 1.807) is 0 Å². The largest absolute Gasteiger partial charge is 0.443 e. The van der Waals surface area contributed by atoms with Crippen LogP contribution in [-0.2, 0) is 4.74 Å². The van der Waals surface area contributed by atoms with Crippen LogP contribution in [0.4, 0.5) is 39.2 Å². The summed E-state index contributed by atoms with van der Waals surface area (Å²) in [5, 5.41) is 8.78. The molecule has 0 aliphatic carbocycles. The van der Waals surface area contributed by atoms with Gasteiger partial charge in [-0.1, -0.05) is 194 Å². The van der Waals surface area contributed by atoms with Crippen molar-refractivity contribution in [2.45, 2.75) is 26.4 Å². The number of hydrogen-bond donors (Lipinski definition) is 0. The topological polar surface area (TPSA) is 37.7 Å². The van der Waals surface area contributed by atoms with Crippen LogP contribution in [0.1, 0.15) is 20.8 Å². The molecule has 0 saturated carbocycles. The van der Waals surface area contributed by atoms with Gasteiger partial charge in [0.1, 0.15) is 17.2 Å². The lowest BCUT2D eigenvalue weighted by molar-refractivity contribution is 0.0543. The van der Waals surface area contributed by atoms with Gasteiger partial charge < -0.3 is 4.74 Å². The quantitative estimate of drug-likeness (QED) is 0.143. The Morgan fingerprint density at radius 2 is 0.712 bits per heavy atom. The van der Waals surface area contributed by atoms with E-state index in [2.05, 4.69) is 216 Å². The van der Waals surface area contributed by atoms with Gasteiger partial charge in [-0.3, -0.25) is 9.80 Å². The van der Waals surface area contributed by atoms with Crippen molar-refractivity contribution in [1.82, 2.24) is 4.57 Å². The Bertz CT molecular complexity index is 3340. The molecule has 0 unspecified atom stereocenters. The third-order valence-electron chi connectivity index (χ3n) is 12.2. The third kappa shape index (κ3) is 7.11. The number of nitrogens with zero attached hydrogens (tertiary/aromatic N) is 3. The predicted octanol–water partition coefficient (Wildman–Crippen LogP) is 17.2. The molecule has 0 radical (unpaired) electrons. The van der Waals surface area contributed by atoms with Crippen molar-refractivity contribution < 1.29 is 9.53 Å². The summed E-state index contributed by atoms with van der Waals surface area (Å²) in [6, 6.07) is 80.5. The zero-order valence-corrected chi connectivity index (χ0v) is 37.1. The molecule has 11 rings (SSSR count). The molecule has 0 amide bonds. The summed E-state index contributed by atoms with van der Waals surface area (Å²) in [5.74, 6) is 1.28. The van der Waals surface area contributed by atoms with Gasteiger partial charge in [0, 0.05) is 33.3 Å². The second-order valence-electron chi connectivity index (χ2n) is 17.6. The maximum Gasteiger partial charge on any atom is 0.421 e. The molecule has 0 saturated heterocycles. The average Bonchev–Trinajstić information content (AvgIpc) is 3.70. The summed E-state index contributed by atoms with van der Waals surface area (Å²) in [6.45, 7) is 5.80. The molecule has 0 N–H and O–H groups in total. The second kappa shape index (κ2) is 16.6. The number of carbonyl (C=O) groups is 1. The molecule has 5 nitrogen and oxygen atoms in total. The van der Waals surface area contributed by atoms with Crippen LogP contribution in [0, 0.1) is 0 Å². The molecule has 11 aromatic rings. The Hall–Kier alpha value is -8.41. The minimum atomic E-state index is -0.851. The molecule has 318 valence electrons. The van der Waals surface area contributed by atoms with Gasteiger partial charge in [-0.25, -0.2) is 9.36 Å². The number of ether oxygens (including phenoxy) is 1. The molecule has 0 fully saturated rings. The fraction of sp³-hybridized carbons (Fsp3) is 0.0656. The van der Waals surface area contributed by atoms with Gasteiger partial charge in [-0.2, -0.15) is 0 Å². The van der Waals surface area contributed by atoms with Crippen LogP contribution in [0.2, 0.25) is 0 Å². The molecule has 5 heteroatoms. The van der Waals surface area contributed by atoms with Crippen LogP contribution in [0.15, 0.2) is 231 Å². The van der Waals surface area contributed by atoms with Crippen molar-refractivity contribution in [1.29, 1.82) is 0 Å². The van der Waals surface area contributed by atoms with E-state index in [1.165, 1.54) is 0 Å². The Morgan fingerprint density at radius 3 is 1.09 bits per heavy atom. The first-order valence-corrected chi connectivity index (χ1v) is 22.5. The van der Waals surface area contributed by atoms with Crippen molar-refractivity contribution in [3.8, 4) is 22.3 Å². The van der Waals surface area contributed by atoms with E-state index < -0.39 is 11.7 Å². The number of fused-ring (bicyclic) bond motifs is 6. The first kappa shape index (κ1) is 40.4. The summed E-state index contributed by atoms with van der Waals surface area (Å²) in [5.41, 5.74) is 6.37. The summed E-state index contributed by atoms with van der Waals surface area (Å²) >= 11 is 0. The standard InChI is InChI=1S/C61H47N3O2/c1-61(2,3)66-60(65)64-58(62(46-30-12-6-13-31-46)54-40-44-28-16-18-34-48(44)50-36-20-22-38-52(50)54)56(42-24-8-4-9-25-42)57(43-26-10-5-11-27-43)59(64)63(47-32-14-7-15-33-47)55-41-45-29-17-19-35-49(45)51-37-21-23-39-53(51)55/h4-41H,1-3H3. The van der Waals surface area contributed by atoms with Gasteiger partial charge in [0.05, 0.1) is 11.4 Å². The Balaban J connectivity index is 1.40. The van der Waals surface area contributed by atoms with Gasteiger partial charge in [-0.05, 0) is 101 Å². The molecule has 1 heterocycles. The van der Waals surface area contributed by atoms with Gasteiger partial charge in [0.15, 0.2) is 0 Å². The van der Waals surface area contributed by atoms with E-state index in [9.17, 15) is 0 Å². The number of para-hydroxylation sites is 2. The zero-order valence-electron chi connectivity index (χ0n) is 37.1. The molecule has 0 aliphatic rings. The van der Waals surface area contributed by atoms with Gasteiger partial charge in [-0.15, -0.1) is 0 Å². The molecule has 0 bridgehead atoms. The van der Waals surface area contributed by atoms with Crippen molar-refractivity contribution in [3.05, 3.63) is 231 Å². The van der Waals surface area contributed by atoms with Crippen LogP contribution in [0.5, 0.6) is 0 Å². The van der Waals surface area contributed by atoms with E-state index in [-0.39, 0.29) is 0 Å². The van der Waals surface area contributed by atoms with E-state index in [0.717, 1.165) is 88.1 Å². The van der Waals surface area contributed by atoms with Crippen LogP contribution in [0.25, 0.3) is 65.3 Å². The SMILES string of the molecule is CC(C)(C)OC(=O)n1c(N(c2ccccc2)c2cc3ccccc3c3ccccc23)c(-c2ccccc2)c(-c2ccccc2)c1N(c1ccccc1)c1cc2ccccc2c2ccccc12. The molecule has 0 atom stereocenters. The fourth-order valence-electron chi connectivity index (χ4n) is 9.55. The highest BCUT2D eigenvalue weighted by atomic mass is 16.6. The minimum Gasteiger partial charge on any atom is -0.443 e. The summed E-state index contributed by atoms with van der Waals surface area (Å²) in [7, 11) is 0. The lowest BCUT2D eigenvalue weighted by atomic mass is 9.95. The van der Waals surface area contributed by atoms with E-state index >= 15 is 4.79 Å². The Kier molecular flexibility index (Phi) is 10.2. The minimum absolute atomic E-state index is 0.510. The molecule has 66 heavy (non-hydrogen) atoms. The second-order valence-corrected chi connectivity index (χ2v) is 17.6. The highest BCUT2D eigenvalue weighted by Gasteiger charge is 2.38. The summed E-state index contributed by atoms with van der Waals surface area (Å²) < 4.78 is 8.53. The summed E-state index contributed by atoms with van der Waals surface area (Å²) in [6.07, 6.45) is -0.510. The smallest absolute Gasteiger partial charge is 0.421 e. The maximum absolute atomic E-state index is 16.1. The van der Waals surface area contributed by atoms with Crippen LogP contribution in [-0.4, -0.2) is 16.3 Å². The predicted molar refractivity (Wildman–Crippen MR) is 276 cm³/mol. The first-order valence-electron chi connectivity index (χ1n) is 22.5. The summed E-state index contributed by atoms with van der Waals surface area (Å²) in [4.78, 5) is 20.7. The van der Waals surface area contributed by atoms with Gasteiger partial charge in [0.2, 0.25) is 0 Å². The zero-order chi connectivity index (χ0) is 44.8. The molecule has 10 aromatic carbocycles. The molecule has 0 spiro atoms. The number of anilines is 6. The number of aromatic nitrogens is 1. The molecular formula is C61H47N3O2. The highest BCUT2D eigenvalue weighted by molar-refractivity contribution is 6.19. The van der Waals surface area contributed by atoms with Gasteiger partial charge in [0.25, 0.3) is 0 Å². The van der Waals surface area contributed by atoms with Gasteiger partial charge >= 0.3 is 6.09 Å². The number of hydrogen-bond acceptors (Lipinski definition) is 4. The first-order chi connectivity index (χ1) is 32.3. The third-order valence-corrected chi connectivity index (χ3v) is 12.2. The lowest BCUT2D eigenvalue weighted by Crippen LogP contribution is -2.31. The lowest BCUT2D eigenvalue weighted by Gasteiger charge is -2.32. The monoisotopic (exact) mass is 853 g/mol. The van der Waals surface area contributed by atoms with E-state index in [0.29, 0.717) is 11.6 Å². The van der Waals surface area contributed by atoms with Crippen LogP contribution in [0.3, 0.4) is 0 Å². The maximum atomic E-state index is 16.1. The van der Waals surface area contributed by atoms with E-state index in [4.69, 9.17) is 4.74 Å². The van der Waals surface area contributed by atoms with Crippen molar-refractivity contribution >= 4 is 83.6 Å². The van der Waals surface area contributed by atoms with Crippen molar-refractivity contribution in [2.75, 3.05) is 9.80 Å². The average molecular weight is 854 g/mol. The van der Waals surface area contributed by atoms with E-state index in [1.807, 2.05) is 49.6 Å². The highest BCUT2D eigenvalue weighted by Crippen LogP contribution is 2.56. The number of carbonyl (C=O) groups excluding carboxylic acids is 1. The van der Waals surface area contributed by atoms with Crippen LogP contribution < -0.4 is 9.80 Å². The Labute approximate surface area is 385 Å². The molecular weight excluding hydrogens is 807 g/mol. The van der Waals surface area contributed by atoms with Crippen LogP contribution >= 0.6 is 0 Å². The van der Waals surface area contributed by atoms with Crippen molar-refractivity contribution in [2.24, 2.45) is 0 Å². The molecule has 0 aliphatic heterocycles. The fourth-order valence-corrected chi connectivity index (χ4v) is 9.55. The van der Waals surface area contributed by atoms with Crippen molar-refractivity contribution in [3.63, 3.8) is 0 Å². The normalized spacial score (nSPS) is 11.6. The number of rotatable bonds is 8. The number of benzene rings is 10.